The van der Waals surface area contributed by atoms with Gasteiger partial charge in [-0.3, -0.25) is 14.9 Å². The lowest BCUT2D eigenvalue weighted by Crippen LogP contribution is -2.30. The molecule has 3 N–H and O–H groups in total. The molecule has 128 valence electrons. The predicted octanol–water partition coefficient (Wildman–Crippen LogP) is 2.23. The molecule has 23 heavy (non-hydrogen) atoms. The predicted molar refractivity (Wildman–Crippen MR) is 89.4 cm³/mol. The standard InChI is InChI=1S/C16H25N3O4/c1-11(2)15(20)10-16(21)18-8-4-7-17-13-6-5-12(3)9-14(13)19(22)23/h5-6,9,11,15,17,20H,4,7-8,10H2,1-3H3,(H,18,21). The van der Waals surface area contributed by atoms with Gasteiger partial charge >= 0.3 is 0 Å². The topological polar surface area (TPSA) is 104 Å². The van der Waals surface area contributed by atoms with Crippen molar-refractivity contribution in [2.75, 3.05) is 18.4 Å². The van der Waals surface area contributed by atoms with E-state index in [-0.39, 0.29) is 23.9 Å². The summed E-state index contributed by atoms with van der Waals surface area (Å²) in [5.74, 6) is -0.142. The fraction of sp³-hybridized carbons (Fsp3) is 0.562. The smallest absolute Gasteiger partial charge is 0.292 e. The first-order chi connectivity index (χ1) is 10.8. The van der Waals surface area contributed by atoms with Gasteiger partial charge in [0, 0.05) is 19.2 Å². The monoisotopic (exact) mass is 323 g/mol. The van der Waals surface area contributed by atoms with Gasteiger partial charge in [0.2, 0.25) is 5.91 Å². The summed E-state index contributed by atoms with van der Waals surface area (Å²) in [4.78, 5) is 22.2. The zero-order chi connectivity index (χ0) is 17.4. The molecule has 1 aromatic rings. The van der Waals surface area contributed by atoms with E-state index in [1.54, 1.807) is 13.0 Å². The first-order valence-corrected chi connectivity index (χ1v) is 7.75. The Bertz CT molecular complexity index is 546. The van der Waals surface area contributed by atoms with Gasteiger partial charge < -0.3 is 15.7 Å². The molecule has 0 aliphatic carbocycles. The number of carbonyl (C=O) groups excluding carboxylic acids is 1. The summed E-state index contributed by atoms with van der Waals surface area (Å²) in [6, 6.07) is 5.02. The number of aliphatic hydroxyl groups excluding tert-OH is 1. The summed E-state index contributed by atoms with van der Waals surface area (Å²) in [6.07, 6.45) is 0.0895. The Hall–Kier alpha value is -2.15. The number of aryl methyl sites for hydroxylation is 1. The van der Waals surface area contributed by atoms with E-state index in [4.69, 9.17) is 0 Å². The van der Waals surface area contributed by atoms with Gasteiger partial charge in [0.25, 0.3) is 5.69 Å². The van der Waals surface area contributed by atoms with Gasteiger partial charge in [-0.05, 0) is 30.9 Å². The number of hydrogen-bond donors (Lipinski definition) is 3. The Labute approximate surface area is 136 Å². The third kappa shape index (κ3) is 6.65. The van der Waals surface area contributed by atoms with Crippen molar-refractivity contribution in [2.45, 2.75) is 39.7 Å². The summed E-state index contributed by atoms with van der Waals surface area (Å²) in [5, 5.41) is 26.4. The summed E-state index contributed by atoms with van der Waals surface area (Å²) in [5.41, 5.74) is 1.36. The Balaban J connectivity index is 2.33. The second-order valence-electron chi connectivity index (χ2n) is 5.92. The molecule has 0 radical (unpaired) electrons. The number of hydrogen-bond acceptors (Lipinski definition) is 5. The molecule has 7 nitrogen and oxygen atoms in total. The largest absolute Gasteiger partial charge is 0.392 e. The van der Waals surface area contributed by atoms with Crippen LogP contribution >= 0.6 is 0 Å². The lowest BCUT2D eigenvalue weighted by atomic mass is 10.0. The first kappa shape index (κ1) is 18.9. The normalized spacial score (nSPS) is 12.0. The summed E-state index contributed by atoms with van der Waals surface area (Å²) < 4.78 is 0. The number of aliphatic hydroxyl groups is 1. The fourth-order valence-electron chi connectivity index (χ4n) is 1.98. The number of nitrogens with zero attached hydrogens (tertiary/aromatic N) is 1. The Morgan fingerprint density at radius 3 is 2.65 bits per heavy atom. The molecule has 0 fully saturated rings. The zero-order valence-electron chi connectivity index (χ0n) is 13.8. The molecular weight excluding hydrogens is 298 g/mol. The molecule has 0 heterocycles. The van der Waals surface area contributed by atoms with Gasteiger partial charge in [-0.15, -0.1) is 0 Å². The van der Waals surface area contributed by atoms with Crippen molar-refractivity contribution in [1.82, 2.24) is 5.32 Å². The number of amides is 1. The van der Waals surface area contributed by atoms with Gasteiger partial charge in [0.05, 0.1) is 17.4 Å². The molecule has 0 saturated heterocycles. The van der Waals surface area contributed by atoms with Crippen molar-refractivity contribution in [3.05, 3.63) is 33.9 Å². The van der Waals surface area contributed by atoms with Crippen LogP contribution in [0.5, 0.6) is 0 Å². The highest BCUT2D eigenvalue weighted by molar-refractivity contribution is 5.76. The van der Waals surface area contributed by atoms with Gasteiger partial charge in [-0.2, -0.15) is 0 Å². The number of carbonyl (C=O) groups is 1. The van der Waals surface area contributed by atoms with Gasteiger partial charge in [0.1, 0.15) is 5.69 Å². The lowest BCUT2D eigenvalue weighted by molar-refractivity contribution is -0.384. The van der Waals surface area contributed by atoms with Crippen LogP contribution in [0.15, 0.2) is 18.2 Å². The van der Waals surface area contributed by atoms with Crippen molar-refractivity contribution >= 4 is 17.3 Å². The van der Waals surface area contributed by atoms with Gasteiger partial charge in [0.15, 0.2) is 0 Å². The van der Waals surface area contributed by atoms with E-state index in [1.807, 2.05) is 19.9 Å². The summed E-state index contributed by atoms with van der Waals surface area (Å²) >= 11 is 0. The van der Waals surface area contributed by atoms with E-state index in [1.165, 1.54) is 6.07 Å². The molecular formula is C16H25N3O4. The molecule has 0 bridgehead atoms. The molecule has 0 aliphatic rings. The van der Waals surface area contributed by atoms with Crippen LogP contribution in [-0.4, -0.2) is 35.1 Å². The molecule has 0 saturated carbocycles. The van der Waals surface area contributed by atoms with Crippen molar-refractivity contribution < 1.29 is 14.8 Å². The minimum Gasteiger partial charge on any atom is -0.392 e. The average molecular weight is 323 g/mol. The maximum Gasteiger partial charge on any atom is 0.292 e. The average Bonchev–Trinajstić information content (AvgIpc) is 2.47. The molecule has 1 atom stereocenters. The van der Waals surface area contributed by atoms with Crippen LogP contribution in [0, 0.1) is 23.0 Å². The minimum atomic E-state index is -0.636. The molecule has 1 rings (SSSR count). The SMILES string of the molecule is Cc1ccc(NCCCNC(=O)CC(O)C(C)C)c([N+](=O)[O-])c1. The van der Waals surface area contributed by atoms with Crippen molar-refractivity contribution in [1.29, 1.82) is 0 Å². The number of rotatable bonds is 9. The highest BCUT2D eigenvalue weighted by Gasteiger charge is 2.14. The van der Waals surface area contributed by atoms with E-state index in [9.17, 15) is 20.0 Å². The fourth-order valence-corrected chi connectivity index (χ4v) is 1.98. The van der Waals surface area contributed by atoms with E-state index in [0.29, 0.717) is 25.2 Å². The number of benzene rings is 1. The number of nitro groups is 1. The molecule has 0 aromatic heterocycles. The van der Waals surface area contributed by atoms with Crippen LogP contribution in [0.2, 0.25) is 0 Å². The number of anilines is 1. The first-order valence-electron chi connectivity index (χ1n) is 7.75. The molecule has 1 aromatic carbocycles. The Kier molecular flexibility index (Phi) is 7.47. The molecule has 7 heteroatoms. The molecule has 0 aliphatic heterocycles. The third-order valence-corrected chi connectivity index (χ3v) is 3.51. The van der Waals surface area contributed by atoms with Crippen LogP contribution in [0.3, 0.4) is 0 Å². The number of nitro benzene ring substituents is 1. The van der Waals surface area contributed by atoms with Crippen LogP contribution in [0.1, 0.15) is 32.3 Å². The third-order valence-electron chi connectivity index (χ3n) is 3.51. The molecule has 1 amide bonds. The highest BCUT2D eigenvalue weighted by Crippen LogP contribution is 2.25. The molecule has 1 unspecified atom stereocenters. The maximum atomic E-state index is 11.6. The zero-order valence-corrected chi connectivity index (χ0v) is 13.8. The summed E-state index contributed by atoms with van der Waals surface area (Å²) in [6.45, 7) is 6.48. The second kappa shape index (κ2) is 9.09. The Morgan fingerprint density at radius 2 is 2.04 bits per heavy atom. The van der Waals surface area contributed by atoms with E-state index >= 15 is 0 Å². The van der Waals surface area contributed by atoms with Crippen LogP contribution in [0.25, 0.3) is 0 Å². The maximum absolute atomic E-state index is 11.6. The Morgan fingerprint density at radius 1 is 1.35 bits per heavy atom. The van der Waals surface area contributed by atoms with Gasteiger partial charge in [-0.25, -0.2) is 0 Å². The van der Waals surface area contributed by atoms with Crippen LogP contribution < -0.4 is 10.6 Å². The lowest BCUT2D eigenvalue weighted by Gasteiger charge is -2.14. The van der Waals surface area contributed by atoms with E-state index in [0.717, 1.165) is 5.56 Å². The highest BCUT2D eigenvalue weighted by atomic mass is 16.6. The molecule has 0 spiro atoms. The van der Waals surface area contributed by atoms with Crippen LogP contribution in [-0.2, 0) is 4.79 Å². The van der Waals surface area contributed by atoms with E-state index < -0.39 is 11.0 Å². The minimum absolute atomic E-state index is 0.0458. The summed E-state index contributed by atoms with van der Waals surface area (Å²) in [7, 11) is 0. The van der Waals surface area contributed by atoms with E-state index in [2.05, 4.69) is 10.6 Å². The van der Waals surface area contributed by atoms with Crippen LogP contribution in [0.4, 0.5) is 11.4 Å². The van der Waals surface area contributed by atoms with Gasteiger partial charge in [-0.1, -0.05) is 19.9 Å². The van der Waals surface area contributed by atoms with Crippen molar-refractivity contribution in [3.63, 3.8) is 0 Å². The van der Waals surface area contributed by atoms with Crippen molar-refractivity contribution in [3.8, 4) is 0 Å². The number of nitrogens with one attached hydrogen (secondary N) is 2. The van der Waals surface area contributed by atoms with Crippen molar-refractivity contribution in [2.24, 2.45) is 5.92 Å². The quantitative estimate of drug-likeness (QED) is 0.367. The second-order valence-corrected chi connectivity index (χ2v) is 5.92.